The van der Waals surface area contributed by atoms with Gasteiger partial charge in [-0.3, -0.25) is 4.90 Å². The Morgan fingerprint density at radius 1 is 1.54 bits per heavy atom. The standard InChI is InChI=1S/C10H22N2O/c1-9(6-11(2)3)12-5-4-10(7-12)8-13/h9-10,13H,4-8H2,1-3H3. The number of aliphatic hydroxyl groups excluding tert-OH is 1. The molecule has 78 valence electrons. The number of rotatable bonds is 4. The molecule has 0 aromatic carbocycles. The van der Waals surface area contributed by atoms with E-state index in [1.54, 1.807) is 0 Å². The molecule has 0 aliphatic carbocycles. The average molecular weight is 186 g/mol. The molecule has 0 saturated carbocycles. The van der Waals surface area contributed by atoms with Crippen molar-refractivity contribution >= 4 is 0 Å². The van der Waals surface area contributed by atoms with Crippen molar-refractivity contribution < 1.29 is 5.11 Å². The Morgan fingerprint density at radius 3 is 2.69 bits per heavy atom. The average Bonchev–Trinajstić information content (AvgIpc) is 2.50. The molecule has 0 spiro atoms. The first kappa shape index (κ1) is 11.0. The van der Waals surface area contributed by atoms with Crippen LogP contribution in [0.15, 0.2) is 0 Å². The molecule has 1 saturated heterocycles. The predicted molar refractivity (Wildman–Crippen MR) is 54.8 cm³/mol. The van der Waals surface area contributed by atoms with Crippen LogP contribution in [0.4, 0.5) is 0 Å². The van der Waals surface area contributed by atoms with Crippen molar-refractivity contribution in [2.45, 2.75) is 19.4 Å². The smallest absolute Gasteiger partial charge is 0.0471 e. The quantitative estimate of drug-likeness (QED) is 0.682. The summed E-state index contributed by atoms with van der Waals surface area (Å²) in [7, 11) is 4.21. The molecule has 2 atom stereocenters. The minimum absolute atomic E-state index is 0.352. The summed E-state index contributed by atoms with van der Waals surface area (Å²) in [4.78, 5) is 4.69. The minimum atomic E-state index is 0.352. The summed E-state index contributed by atoms with van der Waals surface area (Å²) >= 11 is 0. The fourth-order valence-corrected chi connectivity index (χ4v) is 2.06. The molecular formula is C10H22N2O. The van der Waals surface area contributed by atoms with E-state index in [1.807, 2.05) is 0 Å². The molecule has 0 radical (unpaired) electrons. The lowest BCUT2D eigenvalue weighted by Crippen LogP contribution is -2.38. The van der Waals surface area contributed by atoms with Gasteiger partial charge in [-0.15, -0.1) is 0 Å². The highest BCUT2D eigenvalue weighted by Gasteiger charge is 2.25. The van der Waals surface area contributed by atoms with Crippen molar-refractivity contribution in [2.75, 3.05) is 40.3 Å². The zero-order valence-electron chi connectivity index (χ0n) is 9.03. The Morgan fingerprint density at radius 2 is 2.23 bits per heavy atom. The molecule has 0 amide bonds. The molecule has 1 rings (SSSR count). The highest BCUT2D eigenvalue weighted by Crippen LogP contribution is 2.17. The van der Waals surface area contributed by atoms with Crippen LogP contribution in [0.1, 0.15) is 13.3 Å². The minimum Gasteiger partial charge on any atom is -0.396 e. The summed E-state index contributed by atoms with van der Waals surface area (Å²) in [6, 6.07) is 0.617. The summed E-state index contributed by atoms with van der Waals surface area (Å²) in [5.74, 6) is 0.518. The van der Waals surface area contributed by atoms with Gasteiger partial charge in [-0.05, 0) is 39.9 Å². The summed E-state index contributed by atoms with van der Waals surface area (Å²) in [6.45, 7) is 5.95. The Bertz CT molecular complexity index is 150. The van der Waals surface area contributed by atoms with Crippen molar-refractivity contribution in [1.29, 1.82) is 0 Å². The van der Waals surface area contributed by atoms with Gasteiger partial charge in [-0.2, -0.15) is 0 Å². The van der Waals surface area contributed by atoms with Crippen LogP contribution < -0.4 is 0 Å². The fourth-order valence-electron chi connectivity index (χ4n) is 2.06. The lowest BCUT2D eigenvalue weighted by molar-refractivity contribution is 0.183. The van der Waals surface area contributed by atoms with Crippen LogP contribution in [-0.4, -0.2) is 61.3 Å². The molecule has 13 heavy (non-hydrogen) atoms. The van der Waals surface area contributed by atoms with Gasteiger partial charge < -0.3 is 10.0 Å². The molecule has 1 aliphatic rings. The van der Waals surface area contributed by atoms with Crippen LogP contribution in [0.5, 0.6) is 0 Å². The zero-order chi connectivity index (χ0) is 9.84. The molecule has 1 fully saturated rings. The number of aliphatic hydroxyl groups is 1. The van der Waals surface area contributed by atoms with Gasteiger partial charge in [0.05, 0.1) is 0 Å². The third-order valence-corrected chi connectivity index (χ3v) is 2.83. The molecule has 0 aromatic rings. The van der Waals surface area contributed by atoms with Gasteiger partial charge in [0.25, 0.3) is 0 Å². The van der Waals surface area contributed by atoms with E-state index < -0.39 is 0 Å². The lowest BCUT2D eigenvalue weighted by atomic mass is 10.1. The first-order chi connectivity index (χ1) is 6.13. The topological polar surface area (TPSA) is 26.7 Å². The molecular weight excluding hydrogens is 164 g/mol. The maximum atomic E-state index is 9.01. The Labute approximate surface area is 81.3 Å². The SMILES string of the molecule is CC(CN(C)C)N1CCC(CO)C1. The molecule has 2 unspecified atom stereocenters. The van der Waals surface area contributed by atoms with Crippen LogP contribution >= 0.6 is 0 Å². The highest BCUT2D eigenvalue weighted by atomic mass is 16.3. The van der Waals surface area contributed by atoms with Crippen molar-refractivity contribution in [3.63, 3.8) is 0 Å². The fraction of sp³-hybridized carbons (Fsp3) is 1.00. The van der Waals surface area contributed by atoms with Crippen LogP contribution in [0, 0.1) is 5.92 Å². The molecule has 0 bridgehead atoms. The van der Waals surface area contributed by atoms with Crippen molar-refractivity contribution in [1.82, 2.24) is 9.80 Å². The first-order valence-corrected chi connectivity index (χ1v) is 5.13. The Hall–Kier alpha value is -0.120. The maximum Gasteiger partial charge on any atom is 0.0471 e. The maximum absolute atomic E-state index is 9.01. The lowest BCUT2D eigenvalue weighted by Gasteiger charge is -2.26. The normalized spacial score (nSPS) is 27.0. The van der Waals surface area contributed by atoms with Crippen LogP contribution in [-0.2, 0) is 0 Å². The zero-order valence-corrected chi connectivity index (χ0v) is 9.03. The Balaban J connectivity index is 2.28. The van der Waals surface area contributed by atoms with E-state index in [2.05, 4.69) is 30.8 Å². The van der Waals surface area contributed by atoms with E-state index in [0.717, 1.165) is 26.1 Å². The second-order valence-corrected chi connectivity index (χ2v) is 4.44. The van der Waals surface area contributed by atoms with E-state index in [4.69, 9.17) is 5.11 Å². The van der Waals surface area contributed by atoms with E-state index in [-0.39, 0.29) is 0 Å². The van der Waals surface area contributed by atoms with Crippen LogP contribution in [0.25, 0.3) is 0 Å². The number of likely N-dealkylation sites (N-methyl/N-ethyl adjacent to an activating group) is 1. The second-order valence-electron chi connectivity index (χ2n) is 4.44. The summed E-state index contributed by atoms with van der Waals surface area (Å²) in [6.07, 6.45) is 1.16. The third kappa shape index (κ3) is 3.25. The van der Waals surface area contributed by atoms with E-state index in [0.29, 0.717) is 18.6 Å². The molecule has 3 heteroatoms. The molecule has 1 heterocycles. The molecule has 0 aromatic heterocycles. The van der Waals surface area contributed by atoms with Crippen molar-refractivity contribution in [3.05, 3.63) is 0 Å². The molecule has 3 nitrogen and oxygen atoms in total. The van der Waals surface area contributed by atoms with E-state index in [1.165, 1.54) is 0 Å². The number of nitrogens with zero attached hydrogens (tertiary/aromatic N) is 2. The molecule has 1 N–H and O–H groups in total. The van der Waals surface area contributed by atoms with Gasteiger partial charge in [0.15, 0.2) is 0 Å². The van der Waals surface area contributed by atoms with Gasteiger partial charge in [0, 0.05) is 25.7 Å². The number of likely N-dealkylation sites (tertiary alicyclic amines) is 1. The van der Waals surface area contributed by atoms with Crippen molar-refractivity contribution in [2.24, 2.45) is 5.92 Å². The van der Waals surface area contributed by atoms with Gasteiger partial charge in [0.2, 0.25) is 0 Å². The van der Waals surface area contributed by atoms with Gasteiger partial charge in [-0.25, -0.2) is 0 Å². The van der Waals surface area contributed by atoms with Crippen molar-refractivity contribution in [3.8, 4) is 0 Å². The third-order valence-electron chi connectivity index (χ3n) is 2.83. The van der Waals surface area contributed by atoms with Gasteiger partial charge >= 0.3 is 0 Å². The largest absolute Gasteiger partial charge is 0.396 e. The van der Waals surface area contributed by atoms with Crippen LogP contribution in [0.2, 0.25) is 0 Å². The monoisotopic (exact) mass is 186 g/mol. The van der Waals surface area contributed by atoms with E-state index >= 15 is 0 Å². The second kappa shape index (κ2) is 4.94. The summed E-state index contributed by atoms with van der Waals surface area (Å²) in [5.41, 5.74) is 0. The summed E-state index contributed by atoms with van der Waals surface area (Å²) in [5, 5.41) is 9.01. The first-order valence-electron chi connectivity index (χ1n) is 5.13. The summed E-state index contributed by atoms with van der Waals surface area (Å²) < 4.78 is 0. The predicted octanol–water partition coefficient (Wildman–Crippen LogP) is 0.251. The number of hydrogen-bond donors (Lipinski definition) is 1. The van der Waals surface area contributed by atoms with Gasteiger partial charge in [0.1, 0.15) is 0 Å². The highest BCUT2D eigenvalue weighted by molar-refractivity contribution is 4.79. The van der Waals surface area contributed by atoms with Crippen LogP contribution in [0.3, 0.4) is 0 Å². The number of hydrogen-bond acceptors (Lipinski definition) is 3. The molecule has 1 aliphatic heterocycles. The van der Waals surface area contributed by atoms with E-state index in [9.17, 15) is 0 Å². The van der Waals surface area contributed by atoms with Gasteiger partial charge in [-0.1, -0.05) is 0 Å². The Kier molecular flexibility index (Phi) is 4.16.